The van der Waals surface area contributed by atoms with Crippen LogP contribution in [0, 0.1) is 0 Å². The van der Waals surface area contributed by atoms with Crippen LogP contribution in [0.2, 0.25) is 0 Å². The number of methoxy groups -OCH3 is 2. The standard InChI is InChI=1S/C14H16N2O3/c1-17-14(18-2)12-8-9-15-13(16-12)10-19-11-6-4-3-5-7-11/h3-9,14H,10H2,1-2H3. The van der Waals surface area contributed by atoms with Gasteiger partial charge >= 0.3 is 0 Å². The molecule has 100 valence electrons. The molecule has 5 heteroatoms. The summed E-state index contributed by atoms with van der Waals surface area (Å²) in [6.07, 6.45) is 1.18. The van der Waals surface area contributed by atoms with Crippen LogP contribution >= 0.6 is 0 Å². The van der Waals surface area contributed by atoms with Gasteiger partial charge in [-0.1, -0.05) is 18.2 Å². The number of rotatable bonds is 6. The average Bonchev–Trinajstić information content (AvgIpc) is 2.48. The Hall–Kier alpha value is -1.98. The van der Waals surface area contributed by atoms with Gasteiger partial charge in [0.2, 0.25) is 6.29 Å². The monoisotopic (exact) mass is 260 g/mol. The third-order valence-electron chi connectivity index (χ3n) is 2.51. The number of hydrogen-bond donors (Lipinski definition) is 0. The molecule has 0 saturated carbocycles. The van der Waals surface area contributed by atoms with Crippen molar-refractivity contribution in [2.75, 3.05) is 14.2 Å². The predicted molar refractivity (Wildman–Crippen MR) is 69.6 cm³/mol. The molecule has 0 saturated heterocycles. The van der Waals surface area contributed by atoms with Crippen LogP contribution in [0.15, 0.2) is 42.6 Å². The molecule has 1 aromatic heterocycles. The minimum atomic E-state index is -0.488. The van der Waals surface area contributed by atoms with Gasteiger partial charge in [0.05, 0.1) is 0 Å². The molecule has 0 unspecified atom stereocenters. The number of para-hydroxylation sites is 1. The van der Waals surface area contributed by atoms with E-state index in [-0.39, 0.29) is 0 Å². The van der Waals surface area contributed by atoms with Gasteiger partial charge in [-0.05, 0) is 18.2 Å². The molecule has 0 spiro atoms. The third kappa shape index (κ3) is 3.74. The molecule has 0 bridgehead atoms. The molecule has 0 N–H and O–H groups in total. The number of benzene rings is 1. The molecule has 0 aliphatic heterocycles. The molecule has 0 fully saturated rings. The van der Waals surface area contributed by atoms with E-state index in [1.807, 2.05) is 30.3 Å². The van der Waals surface area contributed by atoms with Crippen molar-refractivity contribution < 1.29 is 14.2 Å². The van der Waals surface area contributed by atoms with Crippen LogP contribution in [-0.4, -0.2) is 24.2 Å². The van der Waals surface area contributed by atoms with Crippen LogP contribution in [-0.2, 0) is 16.1 Å². The van der Waals surface area contributed by atoms with E-state index < -0.39 is 6.29 Å². The summed E-state index contributed by atoms with van der Waals surface area (Å²) in [4.78, 5) is 8.50. The minimum absolute atomic E-state index is 0.304. The largest absolute Gasteiger partial charge is 0.486 e. The molecular weight excluding hydrogens is 244 g/mol. The maximum atomic E-state index is 5.59. The Labute approximate surface area is 112 Å². The van der Waals surface area contributed by atoms with Crippen molar-refractivity contribution in [2.45, 2.75) is 12.9 Å². The van der Waals surface area contributed by atoms with Crippen molar-refractivity contribution >= 4 is 0 Å². The zero-order chi connectivity index (χ0) is 13.5. The first-order chi connectivity index (χ1) is 9.33. The molecular formula is C14H16N2O3. The maximum Gasteiger partial charge on any atom is 0.200 e. The van der Waals surface area contributed by atoms with Gasteiger partial charge < -0.3 is 14.2 Å². The second-order valence-electron chi connectivity index (χ2n) is 3.80. The van der Waals surface area contributed by atoms with Gasteiger partial charge in [0, 0.05) is 20.4 Å². The molecule has 1 heterocycles. The van der Waals surface area contributed by atoms with E-state index in [9.17, 15) is 0 Å². The first-order valence-electron chi connectivity index (χ1n) is 5.88. The van der Waals surface area contributed by atoms with Crippen LogP contribution in [0.25, 0.3) is 0 Å². The smallest absolute Gasteiger partial charge is 0.200 e. The molecule has 0 aliphatic rings. The Balaban J connectivity index is 2.03. The predicted octanol–water partition coefficient (Wildman–Crippen LogP) is 2.35. The molecule has 0 radical (unpaired) electrons. The zero-order valence-electron chi connectivity index (χ0n) is 10.9. The molecule has 1 aromatic carbocycles. The highest BCUT2D eigenvalue weighted by molar-refractivity contribution is 5.21. The van der Waals surface area contributed by atoms with Crippen molar-refractivity contribution in [2.24, 2.45) is 0 Å². The Bertz CT molecular complexity index is 501. The fourth-order valence-corrected chi connectivity index (χ4v) is 1.62. The molecule has 2 rings (SSSR count). The topological polar surface area (TPSA) is 53.5 Å². The van der Waals surface area contributed by atoms with Crippen molar-refractivity contribution in [1.29, 1.82) is 0 Å². The van der Waals surface area contributed by atoms with E-state index in [2.05, 4.69) is 9.97 Å². The van der Waals surface area contributed by atoms with Crippen molar-refractivity contribution in [3.8, 4) is 5.75 Å². The van der Waals surface area contributed by atoms with E-state index in [1.54, 1.807) is 26.5 Å². The molecule has 0 amide bonds. The highest BCUT2D eigenvalue weighted by atomic mass is 16.7. The second-order valence-corrected chi connectivity index (χ2v) is 3.80. The fourth-order valence-electron chi connectivity index (χ4n) is 1.62. The van der Waals surface area contributed by atoms with Gasteiger partial charge in [0.1, 0.15) is 18.1 Å². The van der Waals surface area contributed by atoms with E-state index >= 15 is 0 Å². The SMILES string of the molecule is COC(OC)c1ccnc(COc2ccccc2)n1. The van der Waals surface area contributed by atoms with E-state index in [0.29, 0.717) is 18.1 Å². The summed E-state index contributed by atoms with van der Waals surface area (Å²) in [5.41, 5.74) is 0.673. The minimum Gasteiger partial charge on any atom is -0.486 e. The lowest BCUT2D eigenvalue weighted by molar-refractivity contribution is -0.108. The Morgan fingerprint density at radius 2 is 1.79 bits per heavy atom. The highest BCUT2D eigenvalue weighted by Gasteiger charge is 2.11. The van der Waals surface area contributed by atoms with Crippen LogP contribution in [0.5, 0.6) is 5.75 Å². The lowest BCUT2D eigenvalue weighted by Gasteiger charge is -2.13. The molecule has 0 aliphatic carbocycles. The summed E-state index contributed by atoms with van der Waals surface area (Å²) in [7, 11) is 3.13. The van der Waals surface area contributed by atoms with Gasteiger partial charge in [-0.15, -0.1) is 0 Å². The molecule has 5 nitrogen and oxygen atoms in total. The normalized spacial score (nSPS) is 10.7. The first kappa shape index (κ1) is 13.5. The lowest BCUT2D eigenvalue weighted by atomic mass is 10.3. The van der Waals surface area contributed by atoms with Crippen molar-refractivity contribution in [1.82, 2.24) is 9.97 Å². The van der Waals surface area contributed by atoms with E-state index in [0.717, 1.165) is 5.75 Å². The third-order valence-corrected chi connectivity index (χ3v) is 2.51. The molecule has 19 heavy (non-hydrogen) atoms. The summed E-state index contributed by atoms with van der Waals surface area (Å²) in [5.74, 6) is 1.37. The van der Waals surface area contributed by atoms with Crippen molar-refractivity contribution in [3.63, 3.8) is 0 Å². The van der Waals surface area contributed by atoms with Crippen LogP contribution < -0.4 is 4.74 Å². The van der Waals surface area contributed by atoms with Gasteiger partial charge in [-0.2, -0.15) is 0 Å². The Morgan fingerprint density at radius 1 is 1.05 bits per heavy atom. The van der Waals surface area contributed by atoms with Gasteiger partial charge in [-0.25, -0.2) is 9.97 Å². The summed E-state index contributed by atoms with van der Waals surface area (Å²) in [6.45, 7) is 0.304. The summed E-state index contributed by atoms with van der Waals surface area (Å²) in [5, 5.41) is 0. The van der Waals surface area contributed by atoms with Gasteiger partial charge in [-0.3, -0.25) is 0 Å². The van der Waals surface area contributed by atoms with Crippen molar-refractivity contribution in [3.05, 3.63) is 54.1 Å². The number of ether oxygens (including phenoxy) is 3. The molecule has 2 aromatic rings. The summed E-state index contributed by atoms with van der Waals surface area (Å²) < 4.78 is 15.9. The van der Waals surface area contributed by atoms with Gasteiger partial charge in [0.25, 0.3) is 0 Å². The van der Waals surface area contributed by atoms with Gasteiger partial charge in [0.15, 0.2) is 5.82 Å². The summed E-state index contributed by atoms with van der Waals surface area (Å²) >= 11 is 0. The lowest BCUT2D eigenvalue weighted by Crippen LogP contribution is -2.09. The fraction of sp³-hybridized carbons (Fsp3) is 0.286. The summed E-state index contributed by atoms with van der Waals surface area (Å²) in [6, 6.07) is 11.3. The van der Waals surface area contributed by atoms with Crippen LogP contribution in [0.3, 0.4) is 0 Å². The second kappa shape index (κ2) is 6.82. The maximum absolute atomic E-state index is 5.59. The van der Waals surface area contributed by atoms with E-state index in [1.165, 1.54) is 0 Å². The molecule has 0 atom stereocenters. The first-order valence-corrected chi connectivity index (χ1v) is 5.88. The zero-order valence-corrected chi connectivity index (χ0v) is 10.9. The highest BCUT2D eigenvalue weighted by Crippen LogP contribution is 2.15. The Morgan fingerprint density at radius 3 is 2.47 bits per heavy atom. The Kier molecular flexibility index (Phi) is 4.83. The number of aromatic nitrogens is 2. The number of nitrogens with zero attached hydrogens (tertiary/aromatic N) is 2. The quantitative estimate of drug-likeness (QED) is 0.746. The van der Waals surface area contributed by atoms with E-state index in [4.69, 9.17) is 14.2 Å². The van der Waals surface area contributed by atoms with Crippen LogP contribution in [0.4, 0.5) is 0 Å². The average molecular weight is 260 g/mol. The van der Waals surface area contributed by atoms with Crippen LogP contribution in [0.1, 0.15) is 17.8 Å². The number of hydrogen-bond acceptors (Lipinski definition) is 5.